The highest BCUT2D eigenvalue weighted by atomic mass is 35.5. The quantitative estimate of drug-likeness (QED) is 0.762. The van der Waals surface area contributed by atoms with E-state index in [0.717, 1.165) is 11.3 Å². The van der Waals surface area contributed by atoms with Crippen LogP contribution in [-0.4, -0.2) is 12.5 Å². The molecule has 0 aromatic heterocycles. The average Bonchev–Trinajstić information content (AvgIpc) is 2.51. The van der Waals surface area contributed by atoms with Gasteiger partial charge in [0, 0.05) is 16.8 Å². The van der Waals surface area contributed by atoms with Crippen molar-refractivity contribution in [2.24, 2.45) is 0 Å². The van der Waals surface area contributed by atoms with Crippen LogP contribution in [0.4, 0.5) is 10.1 Å². The third-order valence-corrected chi connectivity index (χ3v) is 4.11. The van der Waals surface area contributed by atoms with E-state index in [1.165, 1.54) is 12.1 Å². The van der Waals surface area contributed by atoms with E-state index in [1.54, 1.807) is 6.92 Å². The van der Waals surface area contributed by atoms with Crippen LogP contribution in [0.3, 0.4) is 0 Å². The largest absolute Gasteiger partial charge is 0.325 e. The molecule has 2 rings (SSSR count). The molecule has 0 saturated heterocycles. The number of halogens is 3. The fourth-order valence-corrected chi connectivity index (χ4v) is 2.68. The van der Waals surface area contributed by atoms with Crippen LogP contribution in [0.2, 0.25) is 10.0 Å². The van der Waals surface area contributed by atoms with Crippen molar-refractivity contribution in [2.45, 2.75) is 19.9 Å². The van der Waals surface area contributed by atoms with Gasteiger partial charge in [-0.25, -0.2) is 4.39 Å². The Morgan fingerprint density at radius 1 is 1.22 bits per heavy atom. The van der Waals surface area contributed by atoms with E-state index in [-0.39, 0.29) is 23.5 Å². The number of para-hydroxylation sites is 1. The molecule has 0 aliphatic rings. The van der Waals surface area contributed by atoms with Gasteiger partial charge in [0.25, 0.3) is 0 Å². The number of carbonyl (C=O) groups excluding carboxylic acids is 1. The lowest BCUT2D eigenvalue weighted by Crippen LogP contribution is -2.30. The van der Waals surface area contributed by atoms with Crippen molar-refractivity contribution in [3.05, 3.63) is 63.4 Å². The van der Waals surface area contributed by atoms with Crippen molar-refractivity contribution >= 4 is 34.8 Å². The molecule has 6 heteroatoms. The fourth-order valence-electron chi connectivity index (χ4n) is 2.13. The topological polar surface area (TPSA) is 41.1 Å². The molecule has 3 nitrogen and oxygen atoms in total. The third-order valence-electron chi connectivity index (χ3n) is 3.49. The molecule has 0 unspecified atom stereocenters. The van der Waals surface area contributed by atoms with Gasteiger partial charge in [-0.2, -0.15) is 0 Å². The molecule has 1 amide bonds. The normalized spacial score (nSPS) is 12.0. The number of amides is 1. The van der Waals surface area contributed by atoms with E-state index < -0.39 is 5.82 Å². The Balaban J connectivity index is 1.96. The molecule has 0 spiro atoms. The van der Waals surface area contributed by atoms with Gasteiger partial charge in [0.15, 0.2) is 0 Å². The predicted molar refractivity (Wildman–Crippen MR) is 92.6 cm³/mol. The highest BCUT2D eigenvalue weighted by Gasteiger charge is 2.14. The minimum atomic E-state index is -0.538. The maximum absolute atomic E-state index is 13.6. The number of hydrogen-bond donors (Lipinski definition) is 2. The van der Waals surface area contributed by atoms with Gasteiger partial charge in [-0.15, -0.1) is 0 Å². The Bertz CT molecular complexity index is 722. The zero-order chi connectivity index (χ0) is 17.0. The Labute approximate surface area is 144 Å². The van der Waals surface area contributed by atoms with Crippen LogP contribution < -0.4 is 10.6 Å². The number of rotatable bonds is 5. The minimum Gasteiger partial charge on any atom is -0.325 e. The molecule has 0 aliphatic heterocycles. The Kier molecular flexibility index (Phi) is 5.99. The first-order chi connectivity index (χ1) is 10.9. The molecular formula is C17H17Cl2FN2O. The van der Waals surface area contributed by atoms with Gasteiger partial charge in [-0.05, 0) is 43.2 Å². The van der Waals surface area contributed by atoms with Gasteiger partial charge in [0.2, 0.25) is 5.91 Å². The average molecular weight is 355 g/mol. The van der Waals surface area contributed by atoms with Crippen LogP contribution in [0.25, 0.3) is 0 Å². The minimum absolute atomic E-state index is 0.0248. The number of nitrogens with one attached hydrogen (secondary N) is 2. The van der Waals surface area contributed by atoms with Crippen LogP contribution in [0.1, 0.15) is 24.1 Å². The van der Waals surface area contributed by atoms with Crippen molar-refractivity contribution in [1.29, 1.82) is 0 Å². The molecule has 0 fully saturated rings. The third kappa shape index (κ3) is 4.67. The molecule has 2 aromatic rings. The predicted octanol–water partition coefficient (Wildman–Crippen LogP) is 4.73. The number of hydrogen-bond acceptors (Lipinski definition) is 2. The van der Waals surface area contributed by atoms with Crippen molar-refractivity contribution < 1.29 is 9.18 Å². The summed E-state index contributed by atoms with van der Waals surface area (Å²) in [7, 11) is 0. The standard InChI is InChI=1S/C17H17Cl2FN2O/c1-10-5-3-4-6-16(10)22-17(23)9-21-11(2)12-7-15(20)14(19)8-13(12)18/h3-8,11,21H,9H2,1-2H3,(H,22,23)/t11-/m0/s1. The van der Waals surface area contributed by atoms with Gasteiger partial charge in [-0.1, -0.05) is 41.4 Å². The molecule has 2 aromatic carbocycles. The van der Waals surface area contributed by atoms with Crippen molar-refractivity contribution in [1.82, 2.24) is 5.32 Å². The van der Waals surface area contributed by atoms with Crippen molar-refractivity contribution in [3.63, 3.8) is 0 Å². The molecular weight excluding hydrogens is 338 g/mol. The summed E-state index contributed by atoms with van der Waals surface area (Å²) in [5.74, 6) is -0.721. The van der Waals surface area contributed by atoms with Crippen LogP contribution >= 0.6 is 23.2 Å². The summed E-state index contributed by atoms with van der Waals surface area (Å²) in [6, 6.07) is 9.86. The number of carbonyl (C=O) groups is 1. The highest BCUT2D eigenvalue weighted by molar-refractivity contribution is 6.35. The lowest BCUT2D eigenvalue weighted by Gasteiger charge is -2.16. The van der Waals surface area contributed by atoms with Crippen LogP contribution in [-0.2, 0) is 4.79 Å². The Hall–Kier alpha value is -1.62. The maximum atomic E-state index is 13.6. The molecule has 0 aliphatic carbocycles. The lowest BCUT2D eigenvalue weighted by atomic mass is 10.1. The van der Waals surface area contributed by atoms with Crippen molar-refractivity contribution in [3.8, 4) is 0 Å². The monoisotopic (exact) mass is 354 g/mol. The summed E-state index contributed by atoms with van der Waals surface area (Å²) >= 11 is 11.7. The summed E-state index contributed by atoms with van der Waals surface area (Å²) < 4.78 is 13.6. The van der Waals surface area contributed by atoms with Gasteiger partial charge in [0.1, 0.15) is 5.82 Å². The van der Waals surface area contributed by atoms with Gasteiger partial charge >= 0.3 is 0 Å². The summed E-state index contributed by atoms with van der Waals surface area (Å²) in [4.78, 5) is 12.0. The van der Waals surface area contributed by atoms with E-state index in [4.69, 9.17) is 23.2 Å². The fraction of sp³-hybridized carbons (Fsp3) is 0.235. The number of benzene rings is 2. The SMILES string of the molecule is Cc1ccccc1NC(=O)CN[C@@H](C)c1cc(F)c(Cl)cc1Cl. The zero-order valence-corrected chi connectivity index (χ0v) is 14.3. The first-order valence-corrected chi connectivity index (χ1v) is 7.87. The van der Waals surface area contributed by atoms with E-state index in [0.29, 0.717) is 10.6 Å². The van der Waals surface area contributed by atoms with Gasteiger partial charge in [-0.3, -0.25) is 4.79 Å². The molecule has 0 saturated carbocycles. The summed E-state index contributed by atoms with van der Waals surface area (Å²) in [5.41, 5.74) is 2.30. The maximum Gasteiger partial charge on any atom is 0.238 e. The summed E-state index contributed by atoms with van der Waals surface area (Å²) in [6.07, 6.45) is 0. The van der Waals surface area contributed by atoms with Crippen LogP contribution in [0.15, 0.2) is 36.4 Å². The van der Waals surface area contributed by atoms with Crippen LogP contribution in [0, 0.1) is 12.7 Å². The Morgan fingerprint density at radius 3 is 2.61 bits per heavy atom. The molecule has 122 valence electrons. The van der Waals surface area contributed by atoms with Crippen LogP contribution in [0.5, 0.6) is 0 Å². The number of anilines is 1. The molecule has 2 N–H and O–H groups in total. The van der Waals surface area contributed by atoms with Crippen molar-refractivity contribution in [2.75, 3.05) is 11.9 Å². The second-order valence-corrected chi connectivity index (χ2v) is 6.07. The Morgan fingerprint density at radius 2 is 1.91 bits per heavy atom. The molecule has 0 heterocycles. The van der Waals surface area contributed by atoms with E-state index >= 15 is 0 Å². The first kappa shape index (κ1) is 17.7. The summed E-state index contributed by atoms with van der Waals surface area (Å²) in [6.45, 7) is 3.80. The van der Waals surface area contributed by atoms with Gasteiger partial charge in [0.05, 0.1) is 11.6 Å². The molecule has 0 bridgehead atoms. The molecule has 0 radical (unpaired) electrons. The molecule has 1 atom stereocenters. The summed E-state index contributed by atoms with van der Waals surface area (Å²) in [5, 5.41) is 6.17. The van der Waals surface area contributed by atoms with Gasteiger partial charge < -0.3 is 10.6 Å². The number of aryl methyl sites for hydroxylation is 1. The second kappa shape index (κ2) is 7.77. The molecule has 23 heavy (non-hydrogen) atoms. The highest BCUT2D eigenvalue weighted by Crippen LogP contribution is 2.28. The zero-order valence-electron chi connectivity index (χ0n) is 12.8. The second-order valence-electron chi connectivity index (χ2n) is 5.25. The van der Waals surface area contributed by atoms with E-state index in [1.807, 2.05) is 31.2 Å². The van der Waals surface area contributed by atoms with E-state index in [9.17, 15) is 9.18 Å². The lowest BCUT2D eigenvalue weighted by molar-refractivity contribution is -0.115. The smallest absolute Gasteiger partial charge is 0.238 e. The van der Waals surface area contributed by atoms with E-state index in [2.05, 4.69) is 10.6 Å². The first-order valence-electron chi connectivity index (χ1n) is 7.11.